The first-order valence-corrected chi connectivity index (χ1v) is 5.35. The second kappa shape index (κ2) is 3.96. The number of carboxylic acids is 1. The van der Waals surface area contributed by atoms with Crippen molar-refractivity contribution in [3.8, 4) is 0 Å². The molecule has 1 aliphatic carbocycles. The number of alkyl carbamates (subject to hydrolysis) is 1. The Morgan fingerprint density at radius 3 is 2.44 bits per heavy atom. The minimum absolute atomic E-state index is 0.0116. The second-order valence-electron chi connectivity index (χ2n) is 5.51. The van der Waals surface area contributed by atoms with Gasteiger partial charge in [-0.2, -0.15) is 0 Å². The molecule has 0 aliphatic heterocycles. The SMILES string of the molecule is CC(C)(C)OC(=O)NC[C@@H]1C[C@@]1(C)C(=O)O. The third-order valence-corrected chi connectivity index (χ3v) is 2.79. The van der Waals surface area contributed by atoms with E-state index in [0.717, 1.165) is 0 Å². The molecular formula is C11H19NO4. The lowest BCUT2D eigenvalue weighted by Crippen LogP contribution is -2.34. The lowest BCUT2D eigenvalue weighted by atomic mass is 10.1. The van der Waals surface area contributed by atoms with Crippen LogP contribution in [0.15, 0.2) is 0 Å². The van der Waals surface area contributed by atoms with Gasteiger partial charge in [-0.3, -0.25) is 4.79 Å². The van der Waals surface area contributed by atoms with Crippen LogP contribution in [-0.4, -0.2) is 29.3 Å². The van der Waals surface area contributed by atoms with Gasteiger partial charge in [0.1, 0.15) is 5.60 Å². The maximum atomic E-state index is 11.3. The van der Waals surface area contributed by atoms with E-state index in [1.807, 2.05) is 0 Å². The summed E-state index contributed by atoms with van der Waals surface area (Å²) in [6, 6.07) is 0. The lowest BCUT2D eigenvalue weighted by molar-refractivity contribution is -0.143. The number of hydrogen-bond donors (Lipinski definition) is 2. The van der Waals surface area contributed by atoms with E-state index in [4.69, 9.17) is 9.84 Å². The molecule has 0 bridgehead atoms. The van der Waals surface area contributed by atoms with Crippen molar-refractivity contribution in [2.45, 2.75) is 39.7 Å². The molecule has 0 radical (unpaired) electrons. The summed E-state index contributed by atoms with van der Waals surface area (Å²) in [5.41, 5.74) is -1.20. The Bertz CT molecular complexity index is 308. The standard InChI is InChI=1S/C11H19NO4/c1-10(2,3)16-9(15)12-6-7-5-11(7,4)8(13)14/h7H,5-6H2,1-4H3,(H,12,15)(H,13,14)/t7-,11+/m0/s1. The van der Waals surface area contributed by atoms with Crippen molar-refractivity contribution in [1.29, 1.82) is 0 Å². The van der Waals surface area contributed by atoms with Crippen LogP contribution in [0.2, 0.25) is 0 Å². The number of amides is 1. The highest BCUT2D eigenvalue weighted by atomic mass is 16.6. The van der Waals surface area contributed by atoms with Gasteiger partial charge in [-0.15, -0.1) is 0 Å². The topological polar surface area (TPSA) is 75.6 Å². The molecular weight excluding hydrogens is 210 g/mol. The van der Waals surface area contributed by atoms with E-state index < -0.39 is 23.1 Å². The molecule has 0 spiro atoms. The number of ether oxygens (including phenoxy) is 1. The number of rotatable bonds is 3. The van der Waals surface area contributed by atoms with Crippen LogP contribution >= 0.6 is 0 Å². The maximum absolute atomic E-state index is 11.3. The highest BCUT2D eigenvalue weighted by Gasteiger charge is 2.56. The summed E-state index contributed by atoms with van der Waals surface area (Å²) < 4.78 is 5.05. The first kappa shape index (κ1) is 12.8. The molecule has 0 aromatic rings. The maximum Gasteiger partial charge on any atom is 0.407 e. The first-order valence-electron chi connectivity index (χ1n) is 5.35. The molecule has 0 saturated heterocycles. The van der Waals surface area contributed by atoms with Gasteiger partial charge in [0, 0.05) is 6.54 Å². The lowest BCUT2D eigenvalue weighted by Gasteiger charge is -2.19. The molecule has 1 amide bonds. The third kappa shape index (κ3) is 3.12. The monoisotopic (exact) mass is 229 g/mol. The van der Waals surface area contributed by atoms with Gasteiger partial charge in [0.2, 0.25) is 0 Å². The van der Waals surface area contributed by atoms with Crippen LogP contribution in [0.3, 0.4) is 0 Å². The van der Waals surface area contributed by atoms with E-state index >= 15 is 0 Å². The Morgan fingerprint density at radius 2 is 2.06 bits per heavy atom. The highest BCUT2D eigenvalue weighted by molar-refractivity contribution is 5.78. The van der Waals surface area contributed by atoms with Crippen LogP contribution in [-0.2, 0) is 9.53 Å². The zero-order valence-corrected chi connectivity index (χ0v) is 10.2. The molecule has 1 saturated carbocycles. The van der Waals surface area contributed by atoms with Crippen molar-refractivity contribution in [3.63, 3.8) is 0 Å². The molecule has 1 rings (SSSR count). The minimum atomic E-state index is -0.802. The third-order valence-electron chi connectivity index (χ3n) is 2.79. The van der Waals surface area contributed by atoms with Gasteiger partial charge >= 0.3 is 12.1 Å². The van der Waals surface area contributed by atoms with Crippen LogP contribution in [0.5, 0.6) is 0 Å². The molecule has 5 nitrogen and oxygen atoms in total. The smallest absolute Gasteiger partial charge is 0.407 e. The highest BCUT2D eigenvalue weighted by Crippen LogP contribution is 2.51. The van der Waals surface area contributed by atoms with E-state index in [0.29, 0.717) is 13.0 Å². The summed E-state index contributed by atoms with van der Waals surface area (Å²) in [6.07, 6.45) is 0.116. The van der Waals surface area contributed by atoms with Crippen LogP contribution in [0, 0.1) is 11.3 Å². The van der Waals surface area contributed by atoms with Crippen molar-refractivity contribution in [2.75, 3.05) is 6.54 Å². The quantitative estimate of drug-likeness (QED) is 0.771. The van der Waals surface area contributed by atoms with Crippen molar-refractivity contribution in [2.24, 2.45) is 11.3 Å². The number of carboxylic acid groups (broad SMARTS) is 1. The summed E-state index contributed by atoms with van der Waals surface area (Å²) in [4.78, 5) is 22.1. The molecule has 1 aliphatic rings. The number of carbonyl (C=O) groups excluding carboxylic acids is 1. The number of nitrogens with one attached hydrogen (secondary N) is 1. The van der Waals surface area contributed by atoms with Gasteiger partial charge in [0.15, 0.2) is 0 Å². The molecule has 5 heteroatoms. The molecule has 0 aromatic heterocycles. The molecule has 0 heterocycles. The van der Waals surface area contributed by atoms with Crippen LogP contribution < -0.4 is 5.32 Å². The molecule has 0 aromatic carbocycles. The fourth-order valence-electron chi connectivity index (χ4n) is 1.53. The van der Waals surface area contributed by atoms with Gasteiger partial charge < -0.3 is 15.2 Å². The molecule has 1 fully saturated rings. The zero-order valence-electron chi connectivity index (χ0n) is 10.2. The summed E-state index contributed by atoms with van der Waals surface area (Å²) in [6.45, 7) is 7.40. The zero-order chi connectivity index (χ0) is 12.6. The van der Waals surface area contributed by atoms with Gasteiger partial charge in [-0.25, -0.2) is 4.79 Å². The van der Waals surface area contributed by atoms with Crippen molar-refractivity contribution in [3.05, 3.63) is 0 Å². The van der Waals surface area contributed by atoms with Crippen LogP contribution in [0.25, 0.3) is 0 Å². The summed E-state index contributed by atoms with van der Waals surface area (Å²) in [5.74, 6) is -0.791. The van der Waals surface area contributed by atoms with Crippen molar-refractivity contribution in [1.82, 2.24) is 5.32 Å². The Balaban J connectivity index is 2.28. The van der Waals surface area contributed by atoms with E-state index in [-0.39, 0.29) is 5.92 Å². The number of hydrogen-bond acceptors (Lipinski definition) is 3. The first-order chi connectivity index (χ1) is 7.15. The number of carbonyl (C=O) groups is 2. The minimum Gasteiger partial charge on any atom is -0.481 e. The predicted molar refractivity (Wildman–Crippen MR) is 58.1 cm³/mol. The fourth-order valence-corrected chi connectivity index (χ4v) is 1.53. The van der Waals surface area contributed by atoms with Crippen LogP contribution in [0.1, 0.15) is 34.1 Å². The van der Waals surface area contributed by atoms with Crippen molar-refractivity contribution < 1.29 is 19.4 Å². The number of aliphatic carboxylic acids is 1. The van der Waals surface area contributed by atoms with E-state index in [1.165, 1.54) is 0 Å². The average molecular weight is 229 g/mol. The summed E-state index contributed by atoms with van der Waals surface area (Å²) >= 11 is 0. The Morgan fingerprint density at radius 1 is 1.50 bits per heavy atom. The molecule has 0 unspecified atom stereocenters. The predicted octanol–water partition coefficient (Wildman–Crippen LogP) is 1.62. The average Bonchev–Trinajstić information content (AvgIpc) is 2.72. The van der Waals surface area contributed by atoms with E-state index in [2.05, 4.69) is 5.32 Å². The van der Waals surface area contributed by atoms with Gasteiger partial charge in [-0.1, -0.05) is 0 Å². The normalized spacial score (nSPS) is 28.4. The second-order valence-corrected chi connectivity index (χ2v) is 5.51. The van der Waals surface area contributed by atoms with Gasteiger partial charge in [0.05, 0.1) is 5.41 Å². The Labute approximate surface area is 95.2 Å². The molecule has 2 atom stereocenters. The fraction of sp³-hybridized carbons (Fsp3) is 0.818. The van der Waals surface area contributed by atoms with Crippen molar-refractivity contribution >= 4 is 12.1 Å². The molecule has 2 N–H and O–H groups in total. The van der Waals surface area contributed by atoms with Crippen LogP contribution in [0.4, 0.5) is 4.79 Å². The largest absolute Gasteiger partial charge is 0.481 e. The van der Waals surface area contributed by atoms with Gasteiger partial charge in [-0.05, 0) is 40.0 Å². The summed E-state index contributed by atoms with van der Waals surface area (Å²) in [5, 5.41) is 11.5. The Kier molecular flexibility index (Phi) is 3.17. The van der Waals surface area contributed by atoms with E-state index in [1.54, 1.807) is 27.7 Å². The van der Waals surface area contributed by atoms with E-state index in [9.17, 15) is 9.59 Å². The Hall–Kier alpha value is -1.26. The van der Waals surface area contributed by atoms with Gasteiger partial charge in [0.25, 0.3) is 0 Å². The molecule has 16 heavy (non-hydrogen) atoms. The molecule has 92 valence electrons. The summed E-state index contributed by atoms with van der Waals surface area (Å²) in [7, 11) is 0.